The molecule has 0 atom stereocenters. The number of pyridine rings is 1. The summed E-state index contributed by atoms with van der Waals surface area (Å²) in [5.41, 5.74) is 1.28. The zero-order valence-corrected chi connectivity index (χ0v) is 12.4. The molecule has 0 bridgehead atoms. The van der Waals surface area contributed by atoms with Crippen LogP contribution >= 0.6 is 0 Å². The van der Waals surface area contributed by atoms with Crippen LogP contribution in [0.3, 0.4) is 0 Å². The molecule has 0 saturated carbocycles. The van der Waals surface area contributed by atoms with Crippen LogP contribution in [0.1, 0.15) is 24.3 Å². The molecule has 2 rings (SSSR count). The lowest BCUT2D eigenvalue weighted by Gasteiger charge is -2.19. The van der Waals surface area contributed by atoms with Gasteiger partial charge in [0.25, 0.3) is 5.91 Å². The van der Waals surface area contributed by atoms with E-state index in [4.69, 9.17) is 4.74 Å². The average Bonchev–Trinajstić information content (AvgIpc) is 2.44. The van der Waals surface area contributed by atoms with Crippen LogP contribution in [0.25, 0.3) is 10.9 Å². The van der Waals surface area contributed by atoms with E-state index >= 15 is 0 Å². The van der Waals surface area contributed by atoms with Crippen molar-refractivity contribution in [1.29, 1.82) is 0 Å². The Kier molecular flexibility index (Phi) is 4.23. The molecule has 0 fully saturated rings. The number of benzene rings is 1. The Balaban J connectivity index is 2.29. The molecule has 0 radical (unpaired) electrons. The molecule has 1 aromatic carbocycles. The van der Waals surface area contributed by atoms with E-state index in [0.29, 0.717) is 11.6 Å². The smallest absolute Gasteiger partial charge is 0.272 e. The molecule has 1 aromatic heterocycles. The van der Waals surface area contributed by atoms with Gasteiger partial charge in [-0.2, -0.15) is 0 Å². The molecule has 0 N–H and O–H groups in total. The highest BCUT2D eigenvalue weighted by molar-refractivity contribution is 5.94. The molecule has 4 nitrogen and oxygen atoms in total. The third kappa shape index (κ3) is 3.07. The fourth-order valence-electron chi connectivity index (χ4n) is 2.18. The summed E-state index contributed by atoms with van der Waals surface area (Å²) in [5.74, 6) is 1.18. The number of ether oxygens (including phenoxy) is 1. The van der Waals surface area contributed by atoms with Crippen molar-refractivity contribution in [2.75, 3.05) is 20.7 Å². The van der Waals surface area contributed by atoms with Crippen LogP contribution in [-0.2, 0) is 0 Å². The SMILES string of the molecule is COc1ccc2nc(C(=O)N(C)CC(C)C)ccc2c1. The average molecular weight is 272 g/mol. The number of amides is 1. The topological polar surface area (TPSA) is 42.4 Å². The van der Waals surface area contributed by atoms with E-state index in [1.54, 1.807) is 18.1 Å². The van der Waals surface area contributed by atoms with E-state index in [0.717, 1.165) is 23.2 Å². The fraction of sp³-hybridized carbons (Fsp3) is 0.375. The lowest BCUT2D eigenvalue weighted by Crippen LogP contribution is -2.30. The van der Waals surface area contributed by atoms with Crippen molar-refractivity contribution in [1.82, 2.24) is 9.88 Å². The molecular weight excluding hydrogens is 252 g/mol. The van der Waals surface area contributed by atoms with Gasteiger partial charge >= 0.3 is 0 Å². The van der Waals surface area contributed by atoms with Gasteiger partial charge in [-0.25, -0.2) is 4.98 Å². The summed E-state index contributed by atoms with van der Waals surface area (Å²) in [6, 6.07) is 9.30. The van der Waals surface area contributed by atoms with Crippen LogP contribution in [0.4, 0.5) is 0 Å². The van der Waals surface area contributed by atoms with Gasteiger partial charge in [-0.15, -0.1) is 0 Å². The number of nitrogens with zero attached hydrogens (tertiary/aromatic N) is 2. The van der Waals surface area contributed by atoms with Crippen molar-refractivity contribution in [2.45, 2.75) is 13.8 Å². The Morgan fingerprint density at radius 3 is 2.70 bits per heavy atom. The number of fused-ring (bicyclic) bond motifs is 1. The summed E-state index contributed by atoms with van der Waals surface area (Å²) in [5, 5.41) is 0.965. The summed E-state index contributed by atoms with van der Waals surface area (Å²) >= 11 is 0. The van der Waals surface area contributed by atoms with Gasteiger partial charge in [0.15, 0.2) is 0 Å². The van der Waals surface area contributed by atoms with Gasteiger partial charge in [0.1, 0.15) is 11.4 Å². The lowest BCUT2D eigenvalue weighted by atomic mass is 10.1. The maximum absolute atomic E-state index is 12.3. The minimum absolute atomic E-state index is 0.0450. The first kappa shape index (κ1) is 14.3. The van der Waals surface area contributed by atoms with Gasteiger partial charge in [0.05, 0.1) is 12.6 Å². The van der Waals surface area contributed by atoms with Crippen molar-refractivity contribution < 1.29 is 9.53 Å². The van der Waals surface area contributed by atoms with Gasteiger partial charge in [0.2, 0.25) is 0 Å². The molecular formula is C16H20N2O2. The standard InChI is InChI=1S/C16H20N2O2/c1-11(2)10-18(3)16(19)15-7-5-12-9-13(20-4)6-8-14(12)17-15/h5-9,11H,10H2,1-4H3. The van der Waals surface area contributed by atoms with Crippen molar-refractivity contribution in [3.05, 3.63) is 36.0 Å². The molecule has 0 aliphatic heterocycles. The molecule has 2 aromatic rings. The normalized spacial score (nSPS) is 10.8. The second-order valence-corrected chi connectivity index (χ2v) is 5.33. The first-order valence-electron chi connectivity index (χ1n) is 6.71. The van der Waals surface area contributed by atoms with Crippen LogP contribution < -0.4 is 4.74 Å². The Bertz CT molecular complexity index is 623. The monoisotopic (exact) mass is 272 g/mol. The van der Waals surface area contributed by atoms with Crippen LogP contribution in [-0.4, -0.2) is 36.5 Å². The predicted molar refractivity (Wildman–Crippen MR) is 80.1 cm³/mol. The van der Waals surface area contributed by atoms with Crippen LogP contribution in [0.5, 0.6) is 5.75 Å². The highest BCUT2D eigenvalue weighted by Crippen LogP contribution is 2.20. The number of rotatable bonds is 4. The van der Waals surface area contributed by atoms with Gasteiger partial charge in [-0.3, -0.25) is 4.79 Å². The molecule has 1 amide bonds. The molecule has 1 heterocycles. The number of hydrogen-bond donors (Lipinski definition) is 0. The summed E-state index contributed by atoms with van der Waals surface area (Å²) in [7, 11) is 3.44. The molecule has 106 valence electrons. The van der Waals surface area contributed by atoms with Crippen molar-refractivity contribution in [3.8, 4) is 5.75 Å². The number of hydrogen-bond acceptors (Lipinski definition) is 3. The van der Waals surface area contributed by atoms with E-state index < -0.39 is 0 Å². The maximum atomic E-state index is 12.3. The Labute approximate surface area is 119 Å². The van der Waals surface area contributed by atoms with E-state index in [1.165, 1.54) is 0 Å². The molecule has 0 saturated heterocycles. The predicted octanol–water partition coefficient (Wildman–Crippen LogP) is 2.97. The van der Waals surface area contributed by atoms with Gasteiger partial charge in [0, 0.05) is 19.0 Å². The minimum Gasteiger partial charge on any atom is -0.497 e. The fourth-order valence-corrected chi connectivity index (χ4v) is 2.18. The number of carbonyl (C=O) groups excluding carboxylic acids is 1. The third-order valence-corrected chi connectivity index (χ3v) is 3.10. The molecule has 0 aliphatic carbocycles. The van der Waals surface area contributed by atoms with Gasteiger partial charge < -0.3 is 9.64 Å². The quantitative estimate of drug-likeness (QED) is 0.859. The zero-order valence-electron chi connectivity index (χ0n) is 12.4. The summed E-state index contributed by atoms with van der Waals surface area (Å²) in [6.45, 7) is 4.90. The Hall–Kier alpha value is -2.10. The van der Waals surface area contributed by atoms with E-state index in [2.05, 4.69) is 18.8 Å². The molecule has 0 aliphatic rings. The molecule has 20 heavy (non-hydrogen) atoms. The van der Waals surface area contributed by atoms with Crippen LogP contribution in [0, 0.1) is 5.92 Å². The first-order valence-corrected chi connectivity index (χ1v) is 6.71. The third-order valence-electron chi connectivity index (χ3n) is 3.10. The molecule has 4 heteroatoms. The van der Waals surface area contributed by atoms with Crippen molar-refractivity contribution >= 4 is 16.8 Å². The highest BCUT2D eigenvalue weighted by atomic mass is 16.5. The Morgan fingerprint density at radius 2 is 2.05 bits per heavy atom. The molecule has 0 spiro atoms. The van der Waals surface area contributed by atoms with Crippen molar-refractivity contribution in [2.24, 2.45) is 5.92 Å². The van der Waals surface area contributed by atoms with E-state index in [-0.39, 0.29) is 5.91 Å². The second kappa shape index (κ2) is 5.90. The maximum Gasteiger partial charge on any atom is 0.272 e. The molecule has 0 unspecified atom stereocenters. The largest absolute Gasteiger partial charge is 0.497 e. The van der Waals surface area contributed by atoms with Crippen molar-refractivity contribution in [3.63, 3.8) is 0 Å². The zero-order chi connectivity index (χ0) is 14.7. The van der Waals surface area contributed by atoms with E-state index in [9.17, 15) is 4.79 Å². The lowest BCUT2D eigenvalue weighted by molar-refractivity contribution is 0.0774. The van der Waals surface area contributed by atoms with Crippen LogP contribution in [0.2, 0.25) is 0 Å². The number of methoxy groups -OCH3 is 1. The van der Waals surface area contributed by atoms with Crippen LogP contribution in [0.15, 0.2) is 30.3 Å². The second-order valence-electron chi connectivity index (χ2n) is 5.33. The summed E-state index contributed by atoms with van der Waals surface area (Å²) in [6.07, 6.45) is 0. The van der Waals surface area contributed by atoms with Gasteiger partial charge in [-0.1, -0.05) is 19.9 Å². The van der Waals surface area contributed by atoms with E-state index in [1.807, 2.05) is 31.3 Å². The minimum atomic E-state index is -0.0450. The highest BCUT2D eigenvalue weighted by Gasteiger charge is 2.14. The summed E-state index contributed by atoms with van der Waals surface area (Å²) in [4.78, 5) is 18.4. The first-order chi connectivity index (χ1) is 9.51. The Morgan fingerprint density at radius 1 is 1.30 bits per heavy atom. The summed E-state index contributed by atoms with van der Waals surface area (Å²) < 4.78 is 5.18. The number of aromatic nitrogens is 1. The number of carbonyl (C=O) groups is 1. The van der Waals surface area contributed by atoms with Gasteiger partial charge in [-0.05, 0) is 30.2 Å².